The van der Waals surface area contributed by atoms with Gasteiger partial charge in [0.05, 0.1) is 11.0 Å². The Bertz CT molecular complexity index is 771. The molecule has 6 rings (SSSR count). The lowest BCUT2D eigenvalue weighted by atomic mass is 9.45. The van der Waals surface area contributed by atoms with Gasteiger partial charge in [0.25, 0.3) is 0 Å². The number of fused-ring (bicyclic) bond motifs is 1. The molecule has 2 aliphatic heterocycles. The van der Waals surface area contributed by atoms with Gasteiger partial charge in [0.15, 0.2) is 5.78 Å². The summed E-state index contributed by atoms with van der Waals surface area (Å²) in [6, 6.07) is 0.446. The molecule has 2 saturated heterocycles. The molecule has 6 aliphatic rings. The fraction of sp³-hybridized carbons (Fsp3) is 0.810. The highest BCUT2D eigenvalue weighted by Crippen LogP contribution is 2.74. The fourth-order valence-corrected chi connectivity index (χ4v) is 8.42. The van der Waals surface area contributed by atoms with E-state index in [4.69, 9.17) is 0 Å². The van der Waals surface area contributed by atoms with Crippen molar-refractivity contribution in [3.8, 4) is 0 Å². The molecular weight excluding hydrogens is 314 g/mol. The SMILES string of the molecule is C[C@@H]1CN2C[C@H]3CCC4=C5[C@@](O)(CC[C@@]56C(=O)[C@@H]1CC2[C@@]36C)CC4=O. The quantitative estimate of drug-likeness (QED) is 0.733. The first kappa shape index (κ1) is 15.1. The van der Waals surface area contributed by atoms with Crippen molar-refractivity contribution < 1.29 is 14.7 Å². The average molecular weight is 341 g/mol. The second-order valence-corrected chi connectivity index (χ2v) is 10.1. The molecule has 7 atom stereocenters. The molecule has 0 aromatic heterocycles. The highest BCUT2D eigenvalue weighted by Gasteiger charge is 2.77. The minimum atomic E-state index is -1.03. The average Bonchev–Trinajstić information content (AvgIpc) is 3.06. The van der Waals surface area contributed by atoms with Crippen molar-refractivity contribution in [2.75, 3.05) is 13.1 Å². The van der Waals surface area contributed by atoms with Gasteiger partial charge in [-0.15, -0.1) is 0 Å². The Hall–Kier alpha value is -1.00. The van der Waals surface area contributed by atoms with E-state index in [2.05, 4.69) is 18.7 Å². The van der Waals surface area contributed by atoms with Crippen molar-refractivity contribution in [3.05, 3.63) is 11.1 Å². The van der Waals surface area contributed by atoms with Gasteiger partial charge >= 0.3 is 0 Å². The van der Waals surface area contributed by atoms with E-state index < -0.39 is 11.0 Å². The summed E-state index contributed by atoms with van der Waals surface area (Å²) in [6.45, 7) is 6.68. The van der Waals surface area contributed by atoms with E-state index in [0.717, 1.165) is 49.9 Å². The maximum absolute atomic E-state index is 14.0. The smallest absolute Gasteiger partial charge is 0.162 e. The molecule has 4 fully saturated rings. The summed E-state index contributed by atoms with van der Waals surface area (Å²) in [7, 11) is 0. The Morgan fingerprint density at radius 3 is 2.80 bits per heavy atom. The Labute approximate surface area is 148 Å². The molecule has 25 heavy (non-hydrogen) atoms. The molecule has 2 bridgehead atoms. The fourth-order valence-electron chi connectivity index (χ4n) is 8.42. The standard InChI is InChI=1S/C21H27NO3/c1-11-9-22-10-12-3-4-13-15(23)8-20(25)5-6-21(17(13)20)18(24)14(11)7-16(22)19(12,21)2/h11-12,14,16,25H,3-10H2,1-2H3/t11-,12-,14-,16?,19-,20-,21+/m1/s1. The minimum absolute atomic E-state index is 0.104. The van der Waals surface area contributed by atoms with E-state index in [1.165, 1.54) is 0 Å². The zero-order valence-electron chi connectivity index (χ0n) is 15.2. The number of carbonyl (C=O) groups excluding carboxylic acids is 2. The summed E-state index contributed by atoms with van der Waals surface area (Å²) in [5.74, 6) is 1.46. The molecule has 2 heterocycles. The van der Waals surface area contributed by atoms with Gasteiger partial charge < -0.3 is 5.11 Å². The Balaban J connectivity index is 1.69. The van der Waals surface area contributed by atoms with E-state index in [1.54, 1.807) is 0 Å². The van der Waals surface area contributed by atoms with E-state index in [-0.39, 0.29) is 23.5 Å². The van der Waals surface area contributed by atoms with Gasteiger partial charge in [-0.25, -0.2) is 0 Å². The Morgan fingerprint density at radius 2 is 2.00 bits per heavy atom. The summed E-state index contributed by atoms with van der Waals surface area (Å²) < 4.78 is 0. The number of hydrogen-bond acceptors (Lipinski definition) is 4. The van der Waals surface area contributed by atoms with Crippen molar-refractivity contribution in [1.82, 2.24) is 4.90 Å². The molecule has 0 amide bonds. The lowest BCUT2D eigenvalue weighted by molar-refractivity contribution is -0.157. The summed E-state index contributed by atoms with van der Waals surface area (Å²) in [6.07, 6.45) is 4.34. The molecule has 1 spiro atoms. The summed E-state index contributed by atoms with van der Waals surface area (Å²) in [5, 5.41) is 11.4. The first-order valence-electron chi connectivity index (χ1n) is 10.1. The summed E-state index contributed by atoms with van der Waals surface area (Å²) >= 11 is 0. The van der Waals surface area contributed by atoms with Crippen LogP contribution >= 0.6 is 0 Å². The molecule has 1 N–H and O–H groups in total. The largest absolute Gasteiger partial charge is 0.385 e. The Morgan fingerprint density at radius 1 is 1.20 bits per heavy atom. The van der Waals surface area contributed by atoms with E-state index >= 15 is 0 Å². The van der Waals surface area contributed by atoms with Crippen LogP contribution in [0.1, 0.15) is 52.4 Å². The van der Waals surface area contributed by atoms with Crippen LogP contribution in [0.5, 0.6) is 0 Å². The molecule has 1 unspecified atom stereocenters. The van der Waals surface area contributed by atoms with Crippen molar-refractivity contribution in [3.63, 3.8) is 0 Å². The van der Waals surface area contributed by atoms with Crippen molar-refractivity contribution >= 4 is 11.6 Å². The van der Waals surface area contributed by atoms with Gasteiger partial charge in [0.1, 0.15) is 5.78 Å². The number of nitrogens with zero attached hydrogens (tertiary/aromatic N) is 1. The highest BCUT2D eigenvalue weighted by atomic mass is 16.3. The predicted octanol–water partition coefficient (Wildman–Crippen LogP) is 2.11. The maximum Gasteiger partial charge on any atom is 0.162 e. The van der Waals surface area contributed by atoms with Crippen LogP contribution in [0.15, 0.2) is 11.1 Å². The van der Waals surface area contributed by atoms with Crippen LogP contribution in [0.2, 0.25) is 0 Å². The van der Waals surface area contributed by atoms with Gasteiger partial charge in [0.2, 0.25) is 0 Å². The first-order chi connectivity index (χ1) is 11.8. The normalized spacial score (nSPS) is 56.4. The third-order valence-electron chi connectivity index (χ3n) is 9.44. The number of aliphatic hydroxyl groups is 1. The van der Waals surface area contributed by atoms with Crippen LogP contribution in [0, 0.1) is 28.6 Å². The molecule has 0 aromatic carbocycles. The molecule has 2 saturated carbocycles. The zero-order valence-corrected chi connectivity index (χ0v) is 15.2. The molecule has 4 nitrogen and oxygen atoms in total. The van der Waals surface area contributed by atoms with Gasteiger partial charge in [-0.2, -0.15) is 0 Å². The minimum Gasteiger partial charge on any atom is -0.385 e. The number of hydrogen-bond donors (Lipinski definition) is 1. The molecular formula is C21H27NO3. The lowest BCUT2D eigenvalue weighted by Gasteiger charge is -2.59. The number of ketones is 2. The maximum atomic E-state index is 14.0. The molecule has 0 radical (unpaired) electrons. The number of allylic oxidation sites excluding steroid dienone is 1. The first-order valence-corrected chi connectivity index (χ1v) is 10.1. The highest BCUT2D eigenvalue weighted by molar-refractivity contribution is 6.05. The third kappa shape index (κ3) is 1.34. The van der Waals surface area contributed by atoms with Crippen LogP contribution in [0.25, 0.3) is 0 Å². The van der Waals surface area contributed by atoms with Gasteiger partial charge in [-0.1, -0.05) is 13.8 Å². The Kier molecular flexibility index (Phi) is 2.49. The number of piperidine rings is 1. The molecule has 4 aliphatic carbocycles. The zero-order chi connectivity index (χ0) is 17.4. The molecule has 0 aromatic rings. The van der Waals surface area contributed by atoms with E-state index in [1.807, 2.05) is 0 Å². The lowest BCUT2D eigenvalue weighted by Crippen LogP contribution is -2.65. The van der Waals surface area contributed by atoms with Gasteiger partial charge in [0, 0.05) is 36.9 Å². The number of rotatable bonds is 0. The summed E-state index contributed by atoms with van der Waals surface area (Å²) in [5.41, 5.74) is 0.0603. The van der Waals surface area contributed by atoms with Crippen molar-refractivity contribution in [2.45, 2.75) is 64.0 Å². The van der Waals surface area contributed by atoms with Crippen LogP contribution in [0.3, 0.4) is 0 Å². The number of Topliss-reactive ketones (excluding diaryl/α,β-unsaturated/α-hetero) is 2. The molecule has 4 heteroatoms. The van der Waals surface area contributed by atoms with E-state index in [9.17, 15) is 14.7 Å². The van der Waals surface area contributed by atoms with Crippen LogP contribution in [-0.4, -0.2) is 46.3 Å². The van der Waals surface area contributed by atoms with Crippen LogP contribution in [0.4, 0.5) is 0 Å². The van der Waals surface area contributed by atoms with E-state index in [0.29, 0.717) is 30.1 Å². The second-order valence-electron chi connectivity index (χ2n) is 10.1. The third-order valence-corrected chi connectivity index (χ3v) is 9.44. The summed E-state index contributed by atoms with van der Waals surface area (Å²) in [4.78, 5) is 29.4. The monoisotopic (exact) mass is 341 g/mol. The second kappa shape index (κ2) is 4.12. The van der Waals surface area contributed by atoms with Gasteiger partial charge in [-0.05, 0) is 55.1 Å². The predicted molar refractivity (Wildman–Crippen MR) is 91.7 cm³/mol. The van der Waals surface area contributed by atoms with Crippen molar-refractivity contribution in [2.24, 2.45) is 28.6 Å². The van der Waals surface area contributed by atoms with Gasteiger partial charge in [-0.3, -0.25) is 14.5 Å². The number of carbonyl (C=O) groups is 2. The van der Waals surface area contributed by atoms with Crippen LogP contribution in [-0.2, 0) is 9.59 Å². The molecule has 134 valence electrons. The van der Waals surface area contributed by atoms with Crippen molar-refractivity contribution in [1.29, 1.82) is 0 Å². The van der Waals surface area contributed by atoms with Crippen LogP contribution < -0.4 is 0 Å². The topological polar surface area (TPSA) is 57.6 Å².